The summed E-state index contributed by atoms with van der Waals surface area (Å²) in [4.78, 5) is 29.5. The van der Waals surface area contributed by atoms with Gasteiger partial charge in [-0.3, -0.25) is 20.7 Å². The number of benzene rings is 1. The van der Waals surface area contributed by atoms with E-state index in [2.05, 4.69) is 15.8 Å². The molecular formula is C17H17ClN4O4S. The fourth-order valence-electron chi connectivity index (χ4n) is 3.37. The van der Waals surface area contributed by atoms with E-state index in [-0.39, 0.29) is 24.2 Å². The summed E-state index contributed by atoms with van der Waals surface area (Å²) >= 11 is 7.32. The lowest BCUT2D eigenvalue weighted by Crippen LogP contribution is -2.62. The maximum absolute atomic E-state index is 12.5. The molecule has 2 aromatic rings. The van der Waals surface area contributed by atoms with Gasteiger partial charge in [-0.05, 0) is 24.6 Å². The molecule has 1 saturated heterocycles. The van der Waals surface area contributed by atoms with E-state index >= 15 is 0 Å². The number of carbonyl (C=O) groups excluding carboxylic acids is 2. The largest absolute Gasteiger partial charge is 0.466 e. The second-order valence-corrected chi connectivity index (χ2v) is 7.83. The molecule has 1 amide bonds. The number of esters is 1. The van der Waals surface area contributed by atoms with Crippen molar-refractivity contribution in [3.05, 3.63) is 44.7 Å². The summed E-state index contributed by atoms with van der Waals surface area (Å²) in [5.41, 5.74) is 12.4. The van der Waals surface area contributed by atoms with E-state index in [4.69, 9.17) is 26.8 Å². The van der Waals surface area contributed by atoms with E-state index in [1.807, 2.05) is 12.1 Å². The molecule has 8 nitrogen and oxygen atoms in total. The van der Waals surface area contributed by atoms with Gasteiger partial charge in [0.05, 0.1) is 17.9 Å². The predicted octanol–water partition coefficient (Wildman–Crippen LogP) is 1.29. The van der Waals surface area contributed by atoms with Gasteiger partial charge >= 0.3 is 5.97 Å². The van der Waals surface area contributed by atoms with Crippen molar-refractivity contribution < 1.29 is 19.1 Å². The van der Waals surface area contributed by atoms with E-state index in [1.54, 1.807) is 19.1 Å². The number of fused-ring (bicyclic) bond motifs is 2. The van der Waals surface area contributed by atoms with Crippen LogP contribution in [0.5, 0.6) is 5.88 Å². The Bertz CT molecular complexity index is 903. The Labute approximate surface area is 164 Å². The van der Waals surface area contributed by atoms with Crippen LogP contribution >= 0.6 is 22.9 Å². The summed E-state index contributed by atoms with van der Waals surface area (Å²) in [5, 5.41) is 1.13. The van der Waals surface area contributed by atoms with Crippen molar-refractivity contribution in [3.8, 4) is 5.88 Å². The molecule has 4 rings (SSSR count). The van der Waals surface area contributed by atoms with Crippen molar-refractivity contribution in [1.82, 2.24) is 15.8 Å². The number of rotatable bonds is 4. The smallest absolute Gasteiger partial charge is 0.312 e. The zero-order chi connectivity index (χ0) is 19.2. The van der Waals surface area contributed by atoms with Crippen LogP contribution in [0.1, 0.15) is 28.3 Å². The molecule has 142 valence electrons. The molecule has 1 aromatic carbocycles. The first-order chi connectivity index (χ1) is 12.9. The topological polar surface area (TPSA) is 116 Å². The molecule has 27 heavy (non-hydrogen) atoms. The summed E-state index contributed by atoms with van der Waals surface area (Å²) in [6, 6.07) is 7.20. The first-order valence-corrected chi connectivity index (χ1v) is 9.56. The highest BCUT2D eigenvalue weighted by Crippen LogP contribution is 2.49. The number of hydrazine groups is 1. The fourth-order valence-corrected chi connectivity index (χ4v) is 4.64. The molecule has 0 bridgehead atoms. The summed E-state index contributed by atoms with van der Waals surface area (Å²) in [5.74, 6) is -2.87. The molecule has 3 heterocycles. The molecule has 0 spiro atoms. The first-order valence-electron chi connectivity index (χ1n) is 8.37. The lowest BCUT2D eigenvalue weighted by molar-refractivity contribution is -0.142. The van der Waals surface area contributed by atoms with Crippen LogP contribution in [0, 0.1) is 5.92 Å². The second kappa shape index (κ2) is 6.75. The highest BCUT2D eigenvalue weighted by atomic mass is 35.5. The number of nitrogens with one attached hydrogen (secondary N) is 2. The third-order valence-electron chi connectivity index (χ3n) is 4.50. The number of ether oxygens (including phenoxy) is 2. The van der Waals surface area contributed by atoms with E-state index in [0.29, 0.717) is 22.5 Å². The summed E-state index contributed by atoms with van der Waals surface area (Å²) in [6.07, 6.45) is 0.0318. The van der Waals surface area contributed by atoms with Crippen molar-refractivity contribution in [2.45, 2.75) is 25.1 Å². The number of hydrogen-bond acceptors (Lipinski definition) is 8. The molecular weight excluding hydrogens is 392 g/mol. The van der Waals surface area contributed by atoms with Gasteiger partial charge in [0.15, 0.2) is 0 Å². The monoisotopic (exact) mass is 408 g/mol. The average molecular weight is 409 g/mol. The Morgan fingerprint density at radius 1 is 1.44 bits per heavy atom. The van der Waals surface area contributed by atoms with Crippen LogP contribution in [0.3, 0.4) is 0 Å². The molecule has 3 atom stereocenters. The summed E-state index contributed by atoms with van der Waals surface area (Å²) in [7, 11) is 0. The molecule has 0 aliphatic carbocycles. The summed E-state index contributed by atoms with van der Waals surface area (Å²) in [6.45, 7) is 2.04. The van der Waals surface area contributed by atoms with Crippen LogP contribution in [-0.4, -0.2) is 29.3 Å². The third kappa shape index (κ3) is 3.16. The highest BCUT2D eigenvalue weighted by molar-refractivity contribution is 7.12. The number of halogens is 1. The standard InChI is InChI=1S/C17H17ClN4O4S/c1-2-25-11(23)7-10-20-16-14(27-10)12(8-3-5-9(18)6-4-8)13-15(24)21-22-17(13,19)26-16/h3-6,12-13,22H,2,7,19H2,1H3,(H,21,24). The van der Waals surface area contributed by atoms with Crippen molar-refractivity contribution in [2.75, 3.05) is 6.61 Å². The van der Waals surface area contributed by atoms with E-state index < -0.39 is 11.8 Å². The van der Waals surface area contributed by atoms with Crippen LogP contribution in [0.25, 0.3) is 0 Å². The van der Waals surface area contributed by atoms with Crippen LogP contribution < -0.4 is 21.3 Å². The molecule has 3 unspecified atom stereocenters. The fraction of sp³-hybridized carbons (Fsp3) is 0.353. The lowest BCUT2D eigenvalue weighted by Gasteiger charge is -2.37. The van der Waals surface area contributed by atoms with E-state index in [9.17, 15) is 9.59 Å². The normalized spacial score (nSPS) is 26.0. The number of aromatic nitrogens is 1. The van der Waals surface area contributed by atoms with Crippen molar-refractivity contribution in [2.24, 2.45) is 11.7 Å². The van der Waals surface area contributed by atoms with E-state index in [1.165, 1.54) is 11.3 Å². The number of thiazole rings is 1. The Hall–Kier alpha value is -2.20. The Kier molecular flexibility index (Phi) is 4.55. The van der Waals surface area contributed by atoms with Gasteiger partial charge in [-0.1, -0.05) is 23.7 Å². The van der Waals surface area contributed by atoms with Crippen molar-refractivity contribution in [1.29, 1.82) is 0 Å². The average Bonchev–Trinajstić information content (AvgIpc) is 3.14. The third-order valence-corrected chi connectivity index (χ3v) is 5.87. The minimum Gasteiger partial charge on any atom is -0.466 e. The molecule has 10 heteroatoms. The lowest BCUT2D eigenvalue weighted by atomic mass is 9.80. The quantitative estimate of drug-likeness (QED) is 0.653. The molecule has 1 fully saturated rings. The maximum Gasteiger partial charge on any atom is 0.312 e. The van der Waals surface area contributed by atoms with Gasteiger partial charge in [-0.15, -0.1) is 11.3 Å². The van der Waals surface area contributed by atoms with Gasteiger partial charge in [-0.25, -0.2) is 4.98 Å². The van der Waals surface area contributed by atoms with Crippen molar-refractivity contribution >= 4 is 34.8 Å². The van der Waals surface area contributed by atoms with Crippen LogP contribution in [0.2, 0.25) is 5.02 Å². The highest BCUT2D eigenvalue weighted by Gasteiger charge is 2.57. The Morgan fingerprint density at radius 3 is 2.89 bits per heavy atom. The number of carbonyl (C=O) groups is 2. The molecule has 2 aliphatic heterocycles. The number of nitrogens with zero attached hydrogens (tertiary/aromatic N) is 1. The molecule has 2 aliphatic rings. The van der Waals surface area contributed by atoms with Crippen LogP contribution in [0.15, 0.2) is 24.3 Å². The number of hydrogen-bond donors (Lipinski definition) is 3. The first kappa shape index (κ1) is 18.2. The van der Waals surface area contributed by atoms with Gasteiger partial charge in [-0.2, -0.15) is 5.43 Å². The minimum atomic E-state index is -1.44. The number of amides is 1. The van der Waals surface area contributed by atoms with Gasteiger partial charge in [0, 0.05) is 10.9 Å². The minimum absolute atomic E-state index is 0.0318. The molecule has 1 aromatic heterocycles. The molecule has 4 N–H and O–H groups in total. The Balaban J connectivity index is 1.78. The number of nitrogens with two attached hydrogens (primary N) is 1. The predicted molar refractivity (Wildman–Crippen MR) is 98.1 cm³/mol. The molecule has 0 saturated carbocycles. The van der Waals surface area contributed by atoms with Crippen molar-refractivity contribution in [3.63, 3.8) is 0 Å². The van der Waals surface area contributed by atoms with Gasteiger partial charge < -0.3 is 9.47 Å². The van der Waals surface area contributed by atoms with Gasteiger partial charge in [0.2, 0.25) is 17.6 Å². The van der Waals surface area contributed by atoms with E-state index in [0.717, 1.165) is 10.4 Å². The second-order valence-electron chi connectivity index (χ2n) is 6.28. The molecule has 0 radical (unpaired) electrons. The summed E-state index contributed by atoms with van der Waals surface area (Å²) < 4.78 is 10.8. The Morgan fingerprint density at radius 2 is 2.19 bits per heavy atom. The SMILES string of the molecule is CCOC(=O)Cc1nc2c(s1)C(c1ccc(Cl)cc1)C1C(=O)NNC1(N)O2. The van der Waals surface area contributed by atoms with Gasteiger partial charge in [0.25, 0.3) is 0 Å². The zero-order valence-corrected chi connectivity index (χ0v) is 15.9. The maximum atomic E-state index is 12.5. The van der Waals surface area contributed by atoms with Crippen LogP contribution in [0.4, 0.5) is 0 Å². The zero-order valence-electron chi connectivity index (χ0n) is 14.3. The van der Waals surface area contributed by atoms with Gasteiger partial charge in [0.1, 0.15) is 10.9 Å². The van der Waals surface area contributed by atoms with Crippen LogP contribution in [-0.2, 0) is 20.7 Å².